The van der Waals surface area contributed by atoms with Crippen LogP contribution < -0.4 is 9.62 Å². The molecule has 9 heteroatoms. The molecule has 0 spiro atoms. The highest BCUT2D eigenvalue weighted by molar-refractivity contribution is 7.92. The van der Waals surface area contributed by atoms with Crippen molar-refractivity contribution < 1.29 is 13.3 Å². The van der Waals surface area contributed by atoms with Crippen molar-refractivity contribution in [3.05, 3.63) is 58.6 Å². The Balaban J connectivity index is 1.63. The monoisotopic (exact) mass is 444 g/mol. The van der Waals surface area contributed by atoms with Gasteiger partial charge < -0.3 is 5.32 Å². The first-order chi connectivity index (χ1) is 14.9. The van der Waals surface area contributed by atoms with Crippen LogP contribution in [-0.2, 0) is 10.0 Å². The first kappa shape index (κ1) is 21.6. The van der Waals surface area contributed by atoms with Gasteiger partial charge in [-0.1, -0.05) is 24.6 Å². The van der Waals surface area contributed by atoms with Crippen LogP contribution in [-0.4, -0.2) is 50.0 Å². The highest BCUT2D eigenvalue weighted by Crippen LogP contribution is 2.34. The number of hydrogen-bond acceptors (Lipinski definition) is 6. The molecule has 31 heavy (non-hydrogen) atoms. The van der Waals surface area contributed by atoms with Crippen LogP contribution in [0, 0.1) is 10.1 Å². The zero-order valence-corrected chi connectivity index (χ0v) is 18.4. The van der Waals surface area contributed by atoms with Crippen LogP contribution in [0.3, 0.4) is 0 Å². The average molecular weight is 445 g/mol. The van der Waals surface area contributed by atoms with Gasteiger partial charge in [0.25, 0.3) is 15.7 Å². The van der Waals surface area contributed by atoms with Gasteiger partial charge in [-0.25, -0.2) is 8.42 Å². The lowest BCUT2D eigenvalue weighted by Crippen LogP contribution is -2.41. The Labute approximate surface area is 183 Å². The molecule has 0 aromatic heterocycles. The molecule has 0 bridgehead atoms. The summed E-state index contributed by atoms with van der Waals surface area (Å²) in [5.74, 6) is 0. The second-order valence-electron chi connectivity index (χ2n) is 8.08. The van der Waals surface area contributed by atoms with Crippen LogP contribution in [0.5, 0.6) is 0 Å². The summed E-state index contributed by atoms with van der Waals surface area (Å²) in [7, 11) is -3.93. The number of nitrogens with zero attached hydrogens (tertiary/aromatic N) is 3. The molecule has 2 aromatic carbocycles. The molecule has 166 valence electrons. The second-order valence-corrected chi connectivity index (χ2v) is 9.94. The third kappa shape index (κ3) is 4.24. The fourth-order valence-corrected chi connectivity index (χ4v) is 6.27. The van der Waals surface area contributed by atoms with Crippen LogP contribution in [0.2, 0.25) is 0 Å². The predicted molar refractivity (Wildman–Crippen MR) is 121 cm³/mol. The number of sulfonamides is 1. The molecule has 0 aliphatic carbocycles. The molecule has 8 nitrogen and oxygen atoms in total. The highest BCUT2D eigenvalue weighted by atomic mass is 32.2. The van der Waals surface area contributed by atoms with Crippen LogP contribution in [0.25, 0.3) is 0 Å². The van der Waals surface area contributed by atoms with Gasteiger partial charge in [-0.3, -0.25) is 19.3 Å². The van der Waals surface area contributed by atoms with Crippen LogP contribution in [0.4, 0.5) is 17.1 Å². The smallest absolute Gasteiger partial charge is 0.293 e. The Bertz CT molecular complexity index is 1040. The Morgan fingerprint density at radius 1 is 1.13 bits per heavy atom. The number of fused-ring (bicyclic) bond motifs is 1. The number of nitro groups is 1. The lowest BCUT2D eigenvalue weighted by Gasteiger charge is -2.32. The summed E-state index contributed by atoms with van der Waals surface area (Å²) in [4.78, 5) is 13.7. The molecule has 2 aliphatic rings. The van der Waals surface area contributed by atoms with Crippen molar-refractivity contribution in [2.75, 3.05) is 29.3 Å². The molecule has 2 saturated heterocycles. The van der Waals surface area contributed by atoms with Gasteiger partial charge in [0.2, 0.25) is 0 Å². The number of benzene rings is 2. The number of piperidine rings is 1. The highest BCUT2D eigenvalue weighted by Gasteiger charge is 2.36. The van der Waals surface area contributed by atoms with E-state index in [2.05, 4.69) is 10.2 Å². The Morgan fingerprint density at radius 3 is 2.61 bits per heavy atom. The minimum absolute atomic E-state index is 0.0823. The van der Waals surface area contributed by atoms with Gasteiger partial charge in [-0.15, -0.1) is 0 Å². The minimum Gasteiger partial charge on any atom is -0.375 e. The number of hydrogen-bond donors (Lipinski definition) is 1. The van der Waals surface area contributed by atoms with Crippen molar-refractivity contribution in [1.82, 2.24) is 4.90 Å². The van der Waals surface area contributed by atoms with Gasteiger partial charge in [0.05, 0.1) is 15.5 Å². The van der Waals surface area contributed by atoms with Crippen molar-refractivity contribution in [2.45, 2.75) is 49.6 Å². The summed E-state index contributed by atoms with van der Waals surface area (Å²) in [6, 6.07) is 13.5. The van der Waals surface area contributed by atoms with Gasteiger partial charge in [0.15, 0.2) is 0 Å². The fourth-order valence-electron chi connectivity index (χ4n) is 4.77. The molecule has 2 aliphatic heterocycles. The molecule has 2 atom stereocenters. The normalized spacial score (nSPS) is 21.5. The molecular formula is C22H28N4O4S. The first-order valence-electron chi connectivity index (χ1n) is 10.8. The Morgan fingerprint density at radius 2 is 1.90 bits per heavy atom. The first-order valence-corrected chi connectivity index (χ1v) is 12.2. The molecule has 2 heterocycles. The maximum absolute atomic E-state index is 13.3. The predicted octanol–water partition coefficient (Wildman–Crippen LogP) is 3.85. The van der Waals surface area contributed by atoms with E-state index >= 15 is 0 Å². The van der Waals surface area contributed by atoms with Crippen molar-refractivity contribution >= 4 is 27.1 Å². The number of nitro benzene ring substituents is 1. The summed E-state index contributed by atoms with van der Waals surface area (Å²) < 4.78 is 27.8. The second kappa shape index (κ2) is 8.84. The Kier molecular flexibility index (Phi) is 6.15. The van der Waals surface area contributed by atoms with Crippen molar-refractivity contribution in [3.8, 4) is 0 Å². The molecule has 4 rings (SSSR count). The number of para-hydroxylation sites is 1. The summed E-state index contributed by atoms with van der Waals surface area (Å²) in [5.41, 5.74) is 0.696. The standard InChI is InChI=1S/C22H28N4O4S/c1-2-25(17-8-4-3-5-9-17)31(29,30)18-11-12-19(22(16-18)26(27)28)23-20-13-15-24-14-7-6-10-21(20)24/h3-5,8-9,11-12,16,20-21,23H,2,6-7,10,13-15H2,1H3/t20-,21-/m0/s1. The lowest BCUT2D eigenvalue weighted by atomic mass is 9.99. The van der Waals surface area contributed by atoms with E-state index in [4.69, 9.17) is 0 Å². The summed E-state index contributed by atoms with van der Waals surface area (Å²) in [6.45, 7) is 4.03. The third-order valence-electron chi connectivity index (χ3n) is 6.28. The zero-order chi connectivity index (χ0) is 22.0. The van der Waals surface area contributed by atoms with Crippen LogP contribution in [0.1, 0.15) is 32.6 Å². The molecule has 0 unspecified atom stereocenters. The molecule has 0 saturated carbocycles. The summed E-state index contributed by atoms with van der Waals surface area (Å²) in [6.07, 6.45) is 4.39. The lowest BCUT2D eigenvalue weighted by molar-refractivity contribution is -0.384. The number of anilines is 2. The van der Waals surface area contributed by atoms with E-state index in [1.807, 2.05) is 6.07 Å². The van der Waals surface area contributed by atoms with E-state index in [9.17, 15) is 18.5 Å². The van der Waals surface area contributed by atoms with Crippen molar-refractivity contribution in [2.24, 2.45) is 0 Å². The fraction of sp³-hybridized carbons (Fsp3) is 0.455. The largest absolute Gasteiger partial charge is 0.375 e. The minimum atomic E-state index is -3.93. The summed E-state index contributed by atoms with van der Waals surface area (Å²) in [5, 5.41) is 15.2. The topological polar surface area (TPSA) is 95.8 Å². The van der Waals surface area contributed by atoms with Crippen molar-refractivity contribution in [3.63, 3.8) is 0 Å². The third-order valence-corrected chi connectivity index (χ3v) is 8.18. The molecule has 0 amide bonds. The summed E-state index contributed by atoms with van der Waals surface area (Å²) >= 11 is 0. The maximum Gasteiger partial charge on any atom is 0.293 e. The van der Waals surface area contributed by atoms with Crippen molar-refractivity contribution in [1.29, 1.82) is 0 Å². The van der Waals surface area contributed by atoms with Gasteiger partial charge in [0.1, 0.15) is 5.69 Å². The average Bonchev–Trinajstić information content (AvgIpc) is 3.18. The van der Waals surface area contributed by atoms with Gasteiger partial charge >= 0.3 is 0 Å². The van der Waals surface area contributed by atoms with Crippen LogP contribution >= 0.6 is 0 Å². The van der Waals surface area contributed by atoms with Gasteiger partial charge in [0, 0.05) is 31.2 Å². The zero-order valence-electron chi connectivity index (χ0n) is 17.6. The van der Waals surface area contributed by atoms with E-state index in [-0.39, 0.29) is 23.2 Å². The van der Waals surface area contributed by atoms with E-state index < -0.39 is 14.9 Å². The SMILES string of the molecule is CCN(c1ccccc1)S(=O)(=O)c1ccc(N[C@H]2CCN3CCCC[C@@H]23)c([N+](=O)[O-])c1. The van der Waals surface area contributed by atoms with Gasteiger partial charge in [-0.2, -0.15) is 0 Å². The van der Waals surface area contributed by atoms with E-state index in [0.717, 1.165) is 25.9 Å². The van der Waals surface area contributed by atoms with Crippen LogP contribution in [0.15, 0.2) is 53.4 Å². The molecule has 2 aromatic rings. The number of rotatable bonds is 7. The molecule has 1 N–H and O–H groups in total. The number of nitrogens with one attached hydrogen (secondary N) is 1. The van der Waals surface area contributed by atoms with E-state index in [1.165, 1.54) is 35.3 Å². The quantitative estimate of drug-likeness (QED) is 0.515. The van der Waals surface area contributed by atoms with E-state index in [0.29, 0.717) is 17.4 Å². The van der Waals surface area contributed by atoms with E-state index in [1.54, 1.807) is 31.2 Å². The Hall–Kier alpha value is -2.65. The molecule has 2 fully saturated rings. The maximum atomic E-state index is 13.3. The molecular weight excluding hydrogens is 416 g/mol. The molecule has 0 radical (unpaired) electrons. The van der Waals surface area contributed by atoms with Gasteiger partial charge in [-0.05, 0) is 57.0 Å².